The van der Waals surface area contributed by atoms with E-state index in [1.165, 1.54) is 25.1 Å². The van der Waals surface area contributed by atoms with Gasteiger partial charge in [0, 0.05) is 38.6 Å². The van der Waals surface area contributed by atoms with Gasteiger partial charge < -0.3 is 26.9 Å². The summed E-state index contributed by atoms with van der Waals surface area (Å²) in [5.41, 5.74) is 0.258. The van der Waals surface area contributed by atoms with Gasteiger partial charge in [-0.15, -0.1) is 0 Å². The zero-order valence-corrected chi connectivity index (χ0v) is 16.3. The molecule has 9 heteroatoms. The van der Waals surface area contributed by atoms with Crippen molar-refractivity contribution in [2.75, 3.05) is 58.7 Å². The fraction of sp³-hybridized carbons (Fsp3) is 0.588. The first-order valence-electron chi connectivity index (χ1n) is 8.50. The van der Waals surface area contributed by atoms with Crippen molar-refractivity contribution in [2.24, 2.45) is 0 Å². The quantitative estimate of drug-likeness (QED) is 0.273. The maximum Gasteiger partial charge on any atom is 0.271 e. The summed E-state index contributed by atoms with van der Waals surface area (Å²) >= 11 is 0. The smallest absolute Gasteiger partial charge is 0.271 e. The van der Waals surface area contributed by atoms with E-state index >= 15 is 0 Å². The number of rotatable bonds is 7. The highest BCUT2D eigenvalue weighted by Gasteiger charge is 2.26. The first-order chi connectivity index (χ1) is 11.8. The molecule has 8 nitrogen and oxygen atoms in total. The van der Waals surface area contributed by atoms with Crippen LogP contribution in [0.3, 0.4) is 0 Å². The predicted molar refractivity (Wildman–Crippen MR) is 95.8 cm³/mol. The summed E-state index contributed by atoms with van der Waals surface area (Å²) in [6.07, 6.45) is 0.886. The Morgan fingerprint density at radius 1 is 1.38 bits per heavy atom. The molecule has 26 heavy (non-hydrogen) atoms. The van der Waals surface area contributed by atoms with Crippen LogP contribution in [0.15, 0.2) is 18.2 Å². The van der Waals surface area contributed by atoms with Crippen LogP contribution in [0.25, 0.3) is 0 Å². The Kier molecular flexibility index (Phi) is 8.26. The van der Waals surface area contributed by atoms with E-state index in [2.05, 4.69) is 24.3 Å². The van der Waals surface area contributed by atoms with Crippen LogP contribution in [0.5, 0.6) is 5.75 Å². The minimum atomic E-state index is -0.493. The second-order valence-electron chi connectivity index (χ2n) is 6.91. The summed E-state index contributed by atoms with van der Waals surface area (Å²) in [6, 6.07) is 4.25. The molecule has 1 fully saturated rings. The fourth-order valence-corrected chi connectivity index (χ4v) is 2.94. The lowest BCUT2D eigenvalue weighted by molar-refractivity contribution is -0.913. The fourth-order valence-electron chi connectivity index (χ4n) is 2.94. The number of amides is 1. The van der Waals surface area contributed by atoms with Gasteiger partial charge >= 0.3 is 0 Å². The number of nitrogens with one attached hydrogen (secondary N) is 1. The number of likely N-dealkylation sites (N-methyl/N-ethyl adjacent to an activating group) is 2. The van der Waals surface area contributed by atoms with Crippen LogP contribution in [-0.2, 0) is 4.79 Å². The number of quaternary nitrogens is 1. The number of halogens is 1. The zero-order valence-electron chi connectivity index (χ0n) is 15.5. The number of hydrogen-bond acceptors (Lipinski definition) is 5. The van der Waals surface area contributed by atoms with E-state index in [9.17, 15) is 14.9 Å². The van der Waals surface area contributed by atoms with Crippen molar-refractivity contribution in [3.63, 3.8) is 0 Å². The Morgan fingerprint density at radius 3 is 2.62 bits per heavy atom. The number of ether oxygens (including phenoxy) is 1. The number of nitro groups is 1. The SMILES string of the molecule is CC(=O)Nc1cc([N+](=O)[O-])ccc1OCCC[N+]1(C)CCN(C)CC1.[Cl-]. The van der Waals surface area contributed by atoms with E-state index in [-0.39, 0.29) is 24.0 Å². The van der Waals surface area contributed by atoms with E-state index < -0.39 is 4.92 Å². The summed E-state index contributed by atoms with van der Waals surface area (Å²) in [7, 11) is 4.41. The zero-order chi connectivity index (χ0) is 18.4. The Balaban J connectivity index is 0.00000338. The monoisotopic (exact) mass is 386 g/mol. The average molecular weight is 387 g/mol. The standard InChI is InChI=1S/C17H26N4O4.ClH/c1-14(22)18-16-13-15(20(23)24)5-6-17(16)25-12-4-9-21(3)10-7-19(2)8-11-21;/h5-6,13H,4,7-12H2,1-3H3;1H. The third-order valence-corrected chi connectivity index (χ3v) is 4.63. The Bertz CT molecular complexity index is 633. The van der Waals surface area contributed by atoms with Gasteiger partial charge in [0.05, 0.1) is 43.9 Å². The molecule has 1 amide bonds. The van der Waals surface area contributed by atoms with Crippen LogP contribution < -0.4 is 22.5 Å². The molecule has 146 valence electrons. The topological polar surface area (TPSA) is 84.7 Å². The van der Waals surface area contributed by atoms with Crippen molar-refractivity contribution in [3.8, 4) is 5.75 Å². The van der Waals surface area contributed by atoms with Crippen molar-refractivity contribution in [1.82, 2.24) is 4.90 Å². The average Bonchev–Trinajstić information content (AvgIpc) is 2.55. The lowest BCUT2D eigenvalue weighted by Gasteiger charge is -2.41. The number of anilines is 1. The van der Waals surface area contributed by atoms with E-state index in [1.54, 1.807) is 0 Å². The van der Waals surface area contributed by atoms with Crippen LogP contribution in [0.4, 0.5) is 11.4 Å². The molecule has 0 atom stereocenters. The molecule has 0 unspecified atom stereocenters. The van der Waals surface area contributed by atoms with E-state index in [0.717, 1.165) is 43.6 Å². The van der Waals surface area contributed by atoms with Gasteiger partial charge in [0.2, 0.25) is 5.91 Å². The first-order valence-corrected chi connectivity index (χ1v) is 8.50. The number of nitro benzene ring substituents is 1. The van der Waals surface area contributed by atoms with Gasteiger partial charge in [-0.05, 0) is 13.1 Å². The molecule has 0 aliphatic carbocycles. The van der Waals surface area contributed by atoms with Crippen LogP contribution in [0, 0.1) is 10.1 Å². The minimum Gasteiger partial charge on any atom is -1.00 e. The molecule has 1 saturated heterocycles. The highest BCUT2D eigenvalue weighted by atomic mass is 35.5. The van der Waals surface area contributed by atoms with Crippen LogP contribution in [0.2, 0.25) is 0 Å². The molecule has 1 heterocycles. The van der Waals surface area contributed by atoms with Gasteiger partial charge in [-0.2, -0.15) is 0 Å². The van der Waals surface area contributed by atoms with E-state index in [4.69, 9.17) is 4.74 Å². The number of nitrogens with zero attached hydrogens (tertiary/aromatic N) is 3. The van der Waals surface area contributed by atoms with E-state index in [0.29, 0.717) is 18.0 Å². The van der Waals surface area contributed by atoms with Gasteiger partial charge in [-0.1, -0.05) is 0 Å². The number of piperazine rings is 1. The predicted octanol–water partition coefficient (Wildman–Crippen LogP) is -1.28. The van der Waals surface area contributed by atoms with Gasteiger partial charge in [0.1, 0.15) is 5.75 Å². The van der Waals surface area contributed by atoms with Crippen molar-refractivity contribution >= 4 is 17.3 Å². The maximum atomic E-state index is 11.3. The molecule has 1 aromatic rings. The Labute approximate surface area is 160 Å². The van der Waals surface area contributed by atoms with Crippen LogP contribution in [0.1, 0.15) is 13.3 Å². The molecule has 1 N–H and O–H groups in total. The number of hydrogen-bond donors (Lipinski definition) is 1. The molecule has 1 aromatic carbocycles. The van der Waals surface area contributed by atoms with Gasteiger partial charge in [0.15, 0.2) is 0 Å². The third kappa shape index (κ3) is 6.44. The molecule has 0 saturated carbocycles. The number of non-ortho nitro benzene ring substituents is 1. The van der Waals surface area contributed by atoms with Crippen molar-refractivity contribution in [1.29, 1.82) is 0 Å². The van der Waals surface area contributed by atoms with Gasteiger partial charge in [0.25, 0.3) is 5.69 Å². The Morgan fingerprint density at radius 2 is 2.04 bits per heavy atom. The molecular formula is C17H27ClN4O4. The largest absolute Gasteiger partial charge is 1.00 e. The summed E-state index contributed by atoms with van der Waals surface area (Å²) in [4.78, 5) is 24.0. The molecule has 2 rings (SSSR count). The number of carbonyl (C=O) groups excluding carboxylic acids is 1. The lowest BCUT2D eigenvalue weighted by atomic mass is 10.2. The highest BCUT2D eigenvalue weighted by Crippen LogP contribution is 2.29. The number of carbonyl (C=O) groups is 1. The maximum absolute atomic E-state index is 11.3. The molecule has 1 aliphatic heterocycles. The normalized spacial score (nSPS) is 16.4. The highest BCUT2D eigenvalue weighted by molar-refractivity contribution is 5.90. The molecule has 0 aromatic heterocycles. The molecular weight excluding hydrogens is 360 g/mol. The minimum absolute atomic E-state index is 0. The van der Waals surface area contributed by atoms with Crippen LogP contribution in [-0.4, -0.2) is 73.6 Å². The molecule has 0 radical (unpaired) electrons. The van der Waals surface area contributed by atoms with Gasteiger partial charge in [-0.25, -0.2) is 0 Å². The summed E-state index contributed by atoms with van der Waals surface area (Å²) in [5.74, 6) is 0.169. The second kappa shape index (κ2) is 9.70. The van der Waals surface area contributed by atoms with Crippen molar-refractivity contribution in [2.45, 2.75) is 13.3 Å². The molecule has 0 spiro atoms. The summed E-state index contributed by atoms with van der Waals surface area (Å²) in [6.45, 7) is 7.36. The second-order valence-corrected chi connectivity index (χ2v) is 6.91. The Hall–Kier alpha value is -1.90. The number of benzene rings is 1. The van der Waals surface area contributed by atoms with Crippen molar-refractivity contribution in [3.05, 3.63) is 28.3 Å². The molecule has 0 bridgehead atoms. The van der Waals surface area contributed by atoms with Crippen LogP contribution >= 0.6 is 0 Å². The summed E-state index contributed by atoms with van der Waals surface area (Å²) in [5, 5.41) is 13.5. The van der Waals surface area contributed by atoms with Crippen molar-refractivity contribution < 1.29 is 31.3 Å². The first kappa shape index (κ1) is 22.1. The lowest BCUT2D eigenvalue weighted by Crippen LogP contribution is -3.00. The molecule has 1 aliphatic rings. The third-order valence-electron chi connectivity index (χ3n) is 4.63. The van der Waals surface area contributed by atoms with Gasteiger partial charge in [-0.3, -0.25) is 19.8 Å². The summed E-state index contributed by atoms with van der Waals surface area (Å²) < 4.78 is 6.81. The van der Waals surface area contributed by atoms with E-state index in [1.807, 2.05) is 0 Å².